The zero-order chi connectivity index (χ0) is 36.2. The van der Waals surface area contributed by atoms with Crippen LogP contribution in [-0.2, 0) is 24.3 Å². The minimum absolute atomic E-state index is 0.0550. The largest absolute Gasteiger partial charge is 0.497 e. The highest BCUT2D eigenvalue weighted by molar-refractivity contribution is 7.89. The van der Waals surface area contributed by atoms with Gasteiger partial charge in [0, 0.05) is 47.6 Å². The van der Waals surface area contributed by atoms with Crippen LogP contribution < -0.4 is 10.1 Å². The standard InChI is InChI=1S/C39H37N3O8S2/c1-25-7-16-33-36(21-25)51-39(41-33)26-8-10-28(11-9-26)40-38(44)35-22-27(32-24-49-34-6-4-3-5-31(32)34)23-37(50-35)48-20-18-42(17-19-43)52(45,46)30-14-12-29(47-2)13-15-30/h3-16,21-22,24,27,37,43H,17-20,23H2,1-2H3,(H,40,44)/t27-,37+/m1/s1. The van der Waals surface area contributed by atoms with Gasteiger partial charge in [-0.25, -0.2) is 13.4 Å². The van der Waals surface area contributed by atoms with E-state index in [1.807, 2.05) is 60.7 Å². The van der Waals surface area contributed by atoms with Gasteiger partial charge in [-0.3, -0.25) is 4.79 Å². The highest BCUT2D eigenvalue weighted by Crippen LogP contribution is 2.37. The van der Waals surface area contributed by atoms with Crippen molar-refractivity contribution in [3.63, 3.8) is 0 Å². The molecule has 7 rings (SSSR count). The monoisotopic (exact) mass is 739 g/mol. The molecule has 0 unspecified atom stereocenters. The predicted octanol–water partition coefficient (Wildman–Crippen LogP) is 7.08. The summed E-state index contributed by atoms with van der Waals surface area (Å²) in [6.07, 6.45) is 2.91. The second-order valence-corrected chi connectivity index (χ2v) is 15.3. The third-order valence-electron chi connectivity index (χ3n) is 8.82. The Balaban J connectivity index is 1.07. The van der Waals surface area contributed by atoms with E-state index in [4.69, 9.17) is 23.6 Å². The van der Waals surface area contributed by atoms with Gasteiger partial charge in [-0.2, -0.15) is 4.31 Å². The highest BCUT2D eigenvalue weighted by Gasteiger charge is 2.31. The van der Waals surface area contributed by atoms with E-state index in [-0.39, 0.29) is 42.9 Å². The number of aliphatic hydroxyl groups excluding tert-OH is 1. The number of aliphatic hydroxyl groups is 1. The van der Waals surface area contributed by atoms with Gasteiger partial charge in [0.25, 0.3) is 5.91 Å². The van der Waals surface area contributed by atoms with Crippen LogP contribution in [0, 0.1) is 6.92 Å². The molecule has 1 amide bonds. The fraction of sp³-hybridized carbons (Fsp3) is 0.231. The van der Waals surface area contributed by atoms with Gasteiger partial charge < -0.3 is 29.1 Å². The van der Waals surface area contributed by atoms with Gasteiger partial charge in [0.15, 0.2) is 5.76 Å². The molecule has 0 spiro atoms. The molecular weight excluding hydrogens is 703 g/mol. The number of hydrogen-bond acceptors (Lipinski definition) is 10. The van der Waals surface area contributed by atoms with Crippen LogP contribution in [0.1, 0.15) is 23.5 Å². The molecule has 0 fully saturated rings. The van der Waals surface area contributed by atoms with Crippen molar-refractivity contribution in [1.29, 1.82) is 0 Å². The van der Waals surface area contributed by atoms with Gasteiger partial charge in [-0.05, 0) is 85.3 Å². The van der Waals surface area contributed by atoms with Gasteiger partial charge in [0.1, 0.15) is 16.3 Å². The molecule has 52 heavy (non-hydrogen) atoms. The third kappa shape index (κ3) is 7.59. The molecule has 2 aromatic heterocycles. The second kappa shape index (κ2) is 15.3. The van der Waals surface area contributed by atoms with Crippen molar-refractivity contribution in [2.75, 3.05) is 38.7 Å². The first-order valence-corrected chi connectivity index (χ1v) is 19.0. The van der Waals surface area contributed by atoms with Gasteiger partial charge in [-0.15, -0.1) is 11.3 Å². The Hall–Kier alpha value is -5.05. The fourth-order valence-corrected chi connectivity index (χ4v) is 8.60. The van der Waals surface area contributed by atoms with Crippen molar-refractivity contribution >= 4 is 54.1 Å². The second-order valence-electron chi connectivity index (χ2n) is 12.3. The van der Waals surface area contributed by atoms with Crippen molar-refractivity contribution in [2.45, 2.75) is 30.4 Å². The Morgan fingerprint density at radius 3 is 2.60 bits per heavy atom. The number of furan rings is 1. The smallest absolute Gasteiger partial charge is 0.290 e. The molecule has 0 bridgehead atoms. The molecule has 2 atom stereocenters. The maximum atomic E-state index is 13.7. The van der Waals surface area contributed by atoms with Crippen LogP contribution in [0.25, 0.3) is 31.8 Å². The summed E-state index contributed by atoms with van der Waals surface area (Å²) in [4.78, 5) is 18.5. The number of rotatable bonds is 13. The molecule has 6 aromatic rings. The van der Waals surface area contributed by atoms with Crippen LogP contribution in [0.3, 0.4) is 0 Å². The lowest BCUT2D eigenvalue weighted by molar-refractivity contribution is -0.143. The third-order valence-corrected chi connectivity index (χ3v) is 11.8. The van der Waals surface area contributed by atoms with Crippen LogP contribution in [0.5, 0.6) is 5.75 Å². The predicted molar refractivity (Wildman–Crippen MR) is 200 cm³/mol. The van der Waals surface area contributed by atoms with Gasteiger partial charge in [0.2, 0.25) is 16.3 Å². The van der Waals surface area contributed by atoms with Gasteiger partial charge in [-0.1, -0.05) is 24.3 Å². The Morgan fingerprint density at radius 1 is 1.04 bits per heavy atom. The number of nitrogens with one attached hydrogen (secondary N) is 1. The number of carbonyl (C=O) groups is 1. The van der Waals surface area contributed by atoms with Crippen LogP contribution >= 0.6 is 11.3 Å². The number of anilines is 1. The summed E-state index contributed by atoms with van der Waals surface area (Å²) >= 11 is 1.62. The van der Waals surface area contributed by atoms with E-state index in [9.17, 15) is 18.3 Å². The van der Waals surface area contributed by atoms with Crippen molar-refractivity contribution in [2.24, 2.45) is 0 Å². The summed E-state index contributed by atoms with van der Waals surface area (Å²) < 4.78 is 52.3. The van der Waals surface area contributed by atoms with E-state index in [1.54, 1.807) is 35.8 Å². The Labute approximate surface area is 305 Å². The van der Waals surface area contributed by atoms with E-state index in [0.717, 1.165) is 36.0 Å². The number of sulfonamides is 1. The summed E-state index contributed by atoms with van der Waals surface area (Å²) in [5.41, 5.74) is 5.23. The molecule has 3 heterocycles. The summed E-state index contributed by atoms with van der Waals surface area (Å²) in [5, 5.41) is 14.4. The molecule has 268 valence electrons. The summed E-state index contributed by atoms with van der Waals surface area (Å²) in [5.74, 6) is -0.173. The van der Waals surface area contributed by atoms with Crippen LogP contribution in [-0.4, -0.2) is 68.4 Å². The number of thiazole rings is 1. The number of methoxy groups -OCH3 is 1. The number of aromatic nitrogens is 1. The Bertz CT molecular complexity index is 2330. The first-order valence-electron chi connectivity index (χ1n) is 16.7. The Kier molecular flexibility index (Phi) is 10.4. The number of nitrogens with zero attached hydrogens (tertiary/aromatic N) is 2. The minimum Gasteiger partial charge on any atom is -0.497 e. The van der Waals surface area contributed by atoms with Crippen molar-refractivity contribution in [3.05, 3.63) is 120 Å². The molecule has 0 saturated carbocycles. The highest BCUT2D eigenvalue weighted by atomic mass is 32.2. The van der Waals surface area contributed by atoms with E-state index >= 15 is 0 Å². The molecule has 0 radical (unpaired) electrons. The summed E-state index contributed by atoms with van der Waals surface area (Å²) in [6.45, 7) is 1.44. The van der Waals surface area contributed by atoms with Crippen LogP contribution in [0.15, 0.2) is 118 Å². The van der Waals surface area contributed by atoms with E-state index < -0.39 is 22.2 Å². The van der Waals surface area contributed by atoms with Gasteiger partial charge >= 0.3 is 0 Å². The number of amides is 1. The Morgan fingerprint density at radius 2 is 1.83 bits per heavy atom. The number of allylic oxidation sites excluding steroid dienone is 1. The lowest BCUT2D eigenvalue weighted by atomic mass is 9.92. The zero-order valence-corrected chi connectivity index (χ0v) is 30.2. The average Bonchev–Trinajstić information content (AvgIpc) is 3.79. The van der Waals surface area contributed by atoms with E-state index in [1.165, 1.54) is 24.8 Å². The van der Waals surface area contributed by atoms with Crippen LogP contribution in [0.2, 0.25) is 0 Å². The number of benzene rings is 4. The van der Waals surface area contributed by atoms with E-state index in [2.05, 4.69) is 18.3 Å². The normalized spacial score (nSPS) is 16.2. The lowest BCUT2D eigenvalue weighted by Gasteiger charge is -2.30. The number of fused-ring (bicyclic) bond motifs is 2. The first-order chi connectivity index (χ1) is 25.2. The molecule has 11 nitrogen and oxygen atoms in total. The molecule has 1 aliphatic rings. The zero-order valence-electron chi connectivity index (χ0n) is 28.5. The fourth-order valence-electron chi connectivity index (χ4n) is 6.11. The van der Waals surface area contributed by atoms with Crippen molar-refractivity contribution in [1.82, 2.24) is 9.29 Å². The molecular formula is C39H37N3O8S2. The summed E-state index contributed by atoms with van der Waals surface area (Å²) in [7, 11) is -2.45. The number of hydrogen-bond donors (Lipinski definition) is 2. The first kappa shape index (κ1) is 35.4. The quantitative estimate of drug-likeness (QED) is 0.127. The molecule has 0 saturated heterocycles. The average molecular weight is 740 g/mol. The SMILES string of the molecule is COc1ccc(S(=O)(=O)N(CCO)CCO[C@@H]2C[C@H](c3coc4ccccc34)C=C(C(=O)Nc3ccc(-c4nc5ccc(C)cc5s4)cc3)O2)cc1. The molecule has 0 aliphatic carbocycles. The molecule has 1 aliphatic heterocycles. The minimum atomic E-state index is -3.94. The van der Waals surface area contributed by atoms with Crippen molar-refractivity contribution < 1.29 is 36.9 Å². The van der Waals surface area contributed by atoms with Gasteiger partial charge in [0.05, 0.1) is 41.7 Å². The van der Waals surface area contributed by atoms with Crippen LogP contribution in [0.4, 0.5) is 5.69 Å². The number of para-hydroxylation sites is 1. The van der Waals surface area contributed by atoms with Crippen molar-refractivity contribution in [3.8, 4) is 16.3 Å². The lowest BCUT2D eigenvalue weighted by Crippen LogP contribution is -2.37. The number of carbonyl (C=O) groups excluding carboxylic acids is 1. The number of ether oxygens (including phenoxy) is 3. The maximum Gasteiger partial charge on any atom is 0.290 e. The number of aryl methyl sites for hydroxylation is 1. The maximum absolute atomic E-state index is 13.7. The van der Waals surface area contributed by atoms with E-state index in [0.29, 0.717) is 23.4 Å². The molecule has 4 aromatic carbocycles. The summed E-state index contributed by atoms with van der Waals surface area (Å²) in [6, 6.07) is 27.3. The topological polar surface area (TPSA) is 140 Å². The molecule has 13 heteroatoms. The molecule has 2 N–H and O–H groups in total.